The van der Waals surface area contributed by atoms with E-state index in [1.165, 1.54) is 11.1 Å². The van der Waals surface area contributed by atoms with Gasteiger partial charge in [0.05, 0.1) is 17.9 Å². The van der Waals surface area contributed by atoms with E-state index in [-0.39, 0.29) is 0 Å². The molecule has 5 nitrogen and oxygen atoms in total. The van der Waals surface area contributed by atoms with Gasteiger partial charge in [-0.05, 0) is 32.9 Å². The van der Waals surface area contributed by atoms with Crippen molar-refractivity contribution in [2.75, 3.05) is 5.32 Å². The quantitative estimate of drug-likeness (QED) is 0.802. The highest BCUT2D eigenvalue weighted by Gasteiger charge is 2.12. The van der Waals surface area contributed by atoms with Crippen molar-refractivity contribution < 1.29 is 0 Å². The van der Waals surface area contributed by atoms with Gasteiger partial charge in [0, 0.05) is 35.4 Å². The first-order valence-corrected chi connectivity index (χ1v) is 7.01. The van der Waals surface area contributed by atoms with E-state index < -0.39 is 0 Å². The van der Waals surface area contributed by atoms with Gasteiger partial charge in [-0.25, -0.2) is 0 Å². The fraction of sp³-hybridized carbons (Fsp3) is 0.312. The third kappa shape index (κ3) is 2.46. The number of nitrogens with zero attached hydrogens (tertiary/aromatic N) is 4. The number of hydrogen-bond acceptors (Lipinski definition) is 4. The van der Waals surface area contributed by atoms with Crippen LogP contribution < -0.4 is 5.32 Å². The summed E-state index contributed by atoms with van der Waals surface area (Å²) < 4.78 is 2.11. The van der Waals surface area contributed by atoms with Crippen LogP contribution in [0.5, 0.6) is 0 Å². The van der Waals surface area contributed by atoms with Crippen molar-refractivity contribution in [1.29, 1.82) is 0 Å². The van der Waals surface area contributed by atoms with Crippen LogP contribution in [0.2, 0.25) is 0 Å². The van der Waals surface area contributed by atoms with Gasteiger partial charge >= 0.3 is 0 Å². The maximum atomic E-state index is 4.49. The Morgan fingerprint density at radius 2 is 1.95 bits per heavy atom. The van der Waals surface area contributed by atoms with Crippen LogP contribution in [0, 0.1) is 20.8 Å². The van der Waals surface area contributed by atoms with Crippen LogP contribution >= 0.6 is 0 Å². The first-order chi connectivity index (χ1) is 10.1. The van der Waals surface area contributed by atoms with Crippen LogP contribution in [0.3, 0.4) is 0 Å². The Morgan fingerprint density at radius 3 is 2.71 bits per heavy atom. The van der Waals surface area contributed by atoms with E-state index in [1.54, 1.807) is 0 Å². The number of aryl methyl sites for hydroxylation is 4. The lowest BCUT2D eigenvalue weighted by Gasteiger charge is -2.07. The second-order valence-electron chi connectivity index (χ2n) is 5.37. The van der Waals surface area contributed by atoms with Gasteiger partial charge in [-0.2, -0.15) is 5.10 Å². The number of rotatable bonds is 3. The minimum Gasteiger partial charge on any atom is -0.362 e. The molecule has 1 N–H and O–H groups in total. The lowest BCUT2D eigenvalue weighted by molar-refractivity contribution is 0.888. The smallest absolute Gasteiger partial charge is 0.158 e. The van der Waals surface area contributed by atoms with E-state index in [4.69, 9.17) is 0 Å². The summed E-state index contributed by atoms with van der Waals surface area (Å²) in [7, 11) is 2.04. The second kappa shape index (κ2) is 5.16. The molecule has 0 unspecified atom stereocenters. The van der Waals surface area contributed by atoms with Gasteiger partial charge in [-0.3, -0.25) is 4.98 Å². The van der Waals surface area contributed by atoms with Crippen molar-refractivity contribution in [3.05, 3.63) is 47.2 Å². The monoisotopic (exact) mass is 281 g/mol. The molecule has 0 radical (unpaired) electrons. The summed E-state index contributed by atoms with van der Waals surface area (Å²) in [6.45, 7) is 6.73. The molecule has 5 heteroatoms. The molecule has 0 spiro atoms. The molecular weight excluding hydrogens is 262 g/mol. The molecule has 0 aromatic carbocycles. The summed E-state index contributed by atoms with van der Waals surface area (Å²) in [5, 5.41) is 14.2. The van der Waals surface area contributed by atoms with E-state index in [2.05, 4.69) is 38.2 Å². The molecule has 0 aliphatic rings. The first-order valence-electron chi connectivity index (χ1n) is 7.01. The highest BCUT2D eigenvalue weighted by molar-refractivity contribution is 5.95. The Balaban J connectivity index is 1.94. The third-order valence-electron chi connectivity index (χ3n) is 3.78. The van der Waals surface area contributed by atoms with Crippen molar-refractivity contribution >= 4 is 16.6 Å². The molecule has 3 heterocycles. The molecule has 21 heavy (non-hydrogen) atoms. The van der Waals surface area contributed by atoms with Crippen LogP contribution in [0.25, 0.3) is 10.8 Å². The number of fused-ring (bicyclic) bond motifs is 1. The van der Waals surface area contributed by atoms with Gasteiger partial charge in [0.25, 0.3) is 0 Å². The third-order valence-corrected chi connectivity index (χ3v) is 3.78. The van der Waals surface area contributed by atoms with E-state index >= 15 is 0 Å². The van der Waals surface area contributed by atoms with Gasteiger partial charge in [0.2, 0.25) is 0 Å². The van der Waals surface area contributed by atoms with E-state index in [1.807, 2.05) is 39.1 Å². The zero-order chi connectivity index (χ0) is 15.0. The molecule has 3 aromatic rings. The Labute approximate surface area is 124 Å². The van der Waals surface area contributed by atoms with Crippen LogP contribution in [0.1, 0.15) is 22.8 Å². The Hall–Kier alpha value is -2.43. The SMILES string of the molecule is Cc1cccc(CNc2nnc(C)c3c(C)n(C)cc23)n1. The molecule has 0 fully saturated rings. The predicted molar refractivity (Wildman–Crippen MR) is 84.3 cm³/mol. The summed E-state index contributed by atoms with van der Waals surface area (Å²) in [6.07, 6.45) is 2.10. The zero-order valence-electron chi connectivity index (χ0n) is 12.8. The molecular formula is C16H19N5. The topological polar surface area (TPSA) is 55.6 Å². The van der Waals surface area contributed by atoms with Crippen LogP contribution in [-0.2, 0) is 13.6 Å². The number of nitrogens with one attached hydrogen (secondary N) is 1. The largest absolute Gasteiger partial charge is 0.362 e. The highest BCUT2D eigenvalue weighted by Crippen LogP contribution is 2.27. The van der Waals surface area contributed by atoms with Crippen LogP contribution in [0.4, 0.5) is 5.82 Å². The van der Waals surface area contributed by atoms with Crippen molar-refractivity contribution in [2.45, 2.75) is 27.3 Å². The van der Waals surface area contributed by atoms with Crippen LogP contribution in [-0.4, -0.2) is 19.7 Å². The summed E-state index contributed by atoms with van der Waals surface area (Å²) >= 11 is 0. The summed E-state index contributed by atoms with van der Waals surface area (Å²) in [4.78, 5) is 4.49. The standard InChI is InChI=1S/C16H19N5/c1-10-6-5-7-13(18-10)8-17-16-14-9-21(4)12(3)15(14)11(2)19-20-16/h5-7,9H,8H2,1-4H3,(H,17,20). The summed E-state index contributed by atoms with van der Waals surface area (Å²) in [5.41, 5.74) is 4.18. The van der Waals surface area contributed by atoms with Crippen molar-refractivity contribution in [1.82, 2.24) is 19.7 Å². The average molecular weight is 281 g/mol. The molecule has 0 aliphatic carbocycles. The summed E-state index contributed by atoms with van der Waals surface area (Å²) in [5.74, 6) is 0.808. The minimum atomic E-state index is 0.641. The van der Waals surface area contributed by atoms with Gasteiger partial charge in [-0.15, -0.1) is 5.10 Å². The molecule has 108 valence electrons. The minimum absolute atomic E-state index is 0.641. The normalized spacial score (nSPS) is 11.0. The van der Waals surface area contributed by atoms with Gasteiger partial charge in [0.15, 0.2) is 5.82 Å². The van der Waals surface area contributed by atoms with Crippen molar-refractivity contribution in [3.8, 4) is 0 Å². The molecule has 0 aliphatic heterocycles. The maximum absolute atomic E-state index is 4.49. The molecule has 0 saturated heterocycles. The van der Waals surface area contributed by atoms with E-state index in [9.17, 15) is 0 Å². The number of pyridine rings is 1. The average Bonchev–Trinajstić information content (AvgIpc) is 2.75. The first kappa shape index (κ1) is 13.5. The van der Waals surface area contributed by atoms with Gasteiger partial charge in [0.1, 0.15) is 0 Å². The Morgan fingerprint density at radius 1 is 1.14 bits per heavy atom. The molecule has 0 saturated carbocycles. The van der Waals surface area contributed by atoms with Crippen LogP contribution in [0.15, 0.2) is 24.4 Å². The maximum Gasteiger partial charge on any atom is 0.158 e. The second-order valence-corrected chi connectivity index (χ2v) is 5.37. The highest BCUT2D eigenvalue weighted by atomic mass is 15.2. The Bertz CT molecular complexity index is 804. The predicted octanol–water partition coefficient (Wildman–Crippen LogP) is 2.90. The Kier molecular flexibility index (Phi) is 3.33. The summed E-state index contributed by atoms with van der Waals surface area (Å²) in [6, 6.07) is 6.02. The number of hydrogen-bond donors (Lipinski definition) is 1. The number of aromatic nitrogens is 4. The van der Waals surface area contributed by atoms with E-state index in [0.717, 1.165) is 28.3 Å². The molecule has 3 aromatic heterocycles. The fourth-order valence-electron chi connectivity index (χ4n) is 2.59. The van der Waals surface area contributed by atoms with Gasteiger partial charge in [-0.1, -0.05) is 6.07 Å². The van der Waals surface area contributed by atoms with Crippen molar-refractivity contribution in [3.63, 3.8) is 0 Å². The van der Waals surface area contributed by atoms with E-state index in [0.29, 0.717) is 6.54 Å². The van der Waals surface area contributed by atoms with Gasteiger partial charge < -0.3 is 9.88 Å². The lowest BCUT2D eigenvalue weighted by atomic mass is 10.2. The molecule has 0 bridgehead atoms. The molecule has 3 rings (SSSR count). The lowest BCUT2D eigenvalue weighted by Crippen LogP contribution is -2.05. The fourth-order valence-corrected chi connectivity index (χ4v) is 2.59. The van der Waals surface area contributed by atoms with Crippen molar-refractivity contribution in [2.24, 2.45) is 7.05 Å². The zero-order valence-corrected chi connectivity index (χ0v) is 12.8. The number of anilines is 1. The molecule has 0 atom stereocenters. The molecule has 0 amide bonds.